The van der Waals surface area contributed by atoms with Gasteiger partial charge >= 0.3 is 0 Å². The molecule has 7 heteroatoms. The van der Waals surface area contributed by atoms with E-state index in [0.717, 1.165) is 54.1 Å². The highest BCUT2D eigenvalue weighted by atomic mass is 32.2. The number of nitrogens with one attached hydrogen (secondary N) is 1. The molecule has 27 heavy (non-hydrogen) atoms. The minimum Gasteiger partial charge on any atom is -0.379 e. The fourth-order valence-corrected chi connectivity index (χ4v) is 4.76. The van der Waals surface area contributed by atoms with Crippen LogP contribution in [0.15, 0.2) is 59.1 Å². The van der Waals surface area contributed by atoms with Crippen LogP contribution in [0.5, 0.6) is 0 Å². The lowest BCUT2D eigenvalue weighted by Gasteiger charge is -2.25. The van der Waals surface area contributed by atoms with E-state index < -0.39 is 0 Å². The Hall–Kier alpha value is -2.19. The van der Waals surface area contributed by atoms with Gasteiger partial charge in [0.1, 0.15) is 0 Å². The van der Waals surface area contributed by atoms with Gasteiger partial charge in [0, 0.05) is 40.9 Å². The van der Waals surface area contributed by atoms with Crippen LogP contribution < -0.4 is 5.32 Å². The maximum atomic E-state index is 5.44. The topological polar surface area (TPSA) is 50.3 Å². The SMILES string of the molecule is c1cc(Nc2ccc3scnc3c2)c2cc(SN3CCOCC3)ccc2n1. The van der Waals surface area contributed by atoms with Gasteiger partial charge in [0.25, 0.3) is 0 Å². The Bertz CT molecular complexity index is 1090. The number of hydrogen-bond acceptors (Lipinski definition) is 7. The van der Waals surface area contributed by atoms with Gasteiger partial charge in [0.15, 0.2) is 0 Å². The third kappa shape index (κ3) is 3.64. The standard InChI is InChI=1S/C20H18N4OS2/c1-4-20-19(22-13-26-20)11-14(1)23-18-5-6-21-17-3-2-15(12-16(17)18)27-24-7-9-25-10-8-24/h1-6,11-13H,7-10H2,(H,21,23). The molecule has 0 bridgehead atoms. The van der Waals surface area contributed by atoms with Crippen LogP contribution in [0, 0.1) is 0 Å². The van der Waals surface area contributed by atoms with Crippen molar-refractivity contribution in [3.63, 3.8) is 0 Å². The van der Waals surface area contributed by atoms with E-state index in [9.17, 15) is 0 Å². The molecule has 0 saturated carbocycles. The molecule has 1 aliphatic heterocycles. The van der Waals surface area contributed by atoms with Crippen molar-refractivity contribution in [1.82, 2.24) is 14.3 Å². The van der Waals surface area contributed by atoms with E-state index in [1.807, 2.05) is 17.8 Å². The molecule has 0 atom stereocenters. The molecule has 1 fully saturated rings. The average Bonchev–Trinajstić information content (AvgIpc) is 3.17. The summed E-state index contributed by atoms with van der Waals surface area (Å²) in [6, 6.07) is 14.8. The Balaban J connectivity index is 1.46. The van der Waals surface area contributed by atoms with Gasteiger partial charge in [-0.05, 0) is 54.4 Å². The van der Waals surface area contributed by atoms with Gasteiger partial charge in [-0.1, -0.05) is 0 Å². The van der Waals surface area contributed by atoms with E-state index in [-0.39, 0.29) is 0 Å². The van der Waals surface area contributed by atoms with Crippen LogP contribution in [0.3, 0.4) is 0 Å². The molecule has 0 radical (unpaired) electrons. The Morgan fingerprint density at radius 1 is 1.00 bits per heavy atom. The number of ether oxygens (including phenoxy) is 1. The zero-order valence-corrected chi connectivity index (χ0v) is 16.2. The quantitative estimate of drug-likeness (QED) is 0.496. The number of pyridine rings is 1. The summed E-state index contributed by atoms with van der Waals surface area (Å²) in [5.74, 6) is 0. The first-order chi connectivity index (χ1) is 13.3. The lowest BCUT2D eigenvalue weighted by Crippen LogP contribution is -2.30. The minimum absolute atomic E-state index is 0.800. The molecule has 4 aromatic rings. The third-order valence-corrected chi connectivity index (χ3v) is 6.43. The fourth-order valence-electron chi connectivity index (χ4n) is 3.17. The van der Waals surface area contributed by atoms with Crippen LogP contribution in [0.25, 0.3) is 21.1 Å². The van der Waals surface area contributed by atoms with Crippen molar-refractivity contribution in [3.8, 4) is 0 Å². The maximum Gasteiger partial charge on any atom is 0.0832 e. The van der Waals surface area contributed by atoms with E-state index in [2.05, 4.69) is 56.0 Å². The van der Waals surface area contributed by atoms with Crippen molar-refractivity contribution in [3.05, 3.63) is 54.2 Å². The smallest absolute Gasteiger partial charge is 0.0832 e. The van der Waals surface area contributed by atoms with E-state index in [0.29, 0.717) is 0 Å². The molecule has 3 heterocycles. The van der Waals surface area contributed by atoms with Crippen LogP contribution in [-0.2, 0) is 4.74 Å². The van der Waals surface area contributed by atoms with Crippen molar-refractivity contribution < 1.29 is 4.74 Å². The zero-order valence-electron chi connectivity index (χ0n) is 14.6. The molecule has 136 valence electrons. The fraction of sp³-hybridized carbons (Fsp3) is 0.200. The number of fused-ring (bicyclic) bond motifs is 2. The molecule has 5 nitrogen and oxygen atoms in total. The maximum absolute atomic E-state index is 5.44. The first-order valence-electron chi connectivity index (χ1n) is 8.85. The molecule has 5 rings (SSSR count). The van der Waals surface area contributed by atoms with Crippen molar-refractivity contribution >= 4 is 55.8 Å². The van der Waals surface area contributed by atoms with Crippen LogP contribution >= 0.6 is 23.3 Å². The third-order valence-electron chi connectivity index (χ3n) is 4.53. The number of benzene rings is 2. The van der Waals surface area contributed by atoms with Crippen molar-refractivity contribution in [2.24, 2.45) is 0 Å². The number of hydrogen-bond donors (Lipinski definition) is 1. The van der Waals surface area contributed by atoms with Gasteiger partial charge in [-0.25, -0.2) is 9.29 Å². The summed E-state index contributed by atoms with van der Waals surface area (Å²) in [6.07, 6.45) is 1.85. The van der Waals surface area contributed by atoms with Gasteiger partial charge < -0.3 is 10.1 Å². The second kappa shape index (κ2) is 7.44. The lowest BCUT2D eigenvalue weighted by molar-refractivity contribution is 0.0773. The molecule has 0 aliphatic carbocycles. The minimum atomic E-state index is 0.800. The zero-order chi connectivity index (χ0) is 18.1. The van der Waals surface area contributed by atoms with E-state index in [4.69, 9.17) is 4.74 Å². The molecule has 2 aromatic heterocycles. The number of morpholine rings is 1. The Morgan fingerprint density at radius 2 is 1.93 bits per heavy atom. The van der Waals surface area contributed by atoms with Crippen molar-refractivity contribution in [2.45, 2.75) is 4.90 Å². The van der Waals surface area contributed by atoms with Gasteiger partial charge in [-0.2, -0.15) is 0 Å². The highest BCUT2D eigenvalue weighted by molar-refractivity contribution is 7.97. The normalized spacial score (nSPS) is 15.4. The first kappa shape index (κ1) is 16.9. The predicted molar refractivity (Wildman–Crippen MR) is 113 cm³/mol. The van der Waals surface area contributed by atoms with Gasteiger partial charge in [-0.3, -0.25) is 4.98 Å². The van der Waals surface area contributed by atoms with Crippen molar-refractivity contribution in [1.29, 1.82) is 0 Å². The van der Waals surface area contributed by atoms with Gasteiger partial charge in [0.2, 0.25) is 0 Å². The summed E-state index contributed by atoms with van der Waals surface area (Å²) in [5, 5.41) is 4.66. The van der Waals surface area contributed by atoms with Crippen LogP contribution in [0.4, 0.5) is 11.4 Å². The Kier molecular flexibility index (Phi) is 4.67. The monoisotopic (exact) mass is 394 g/mol. The van der Waals surface area contributed by atoms with Crippen LogP contribution in [0.2, 0.25) is 0 Å². The number of aromatic nitrogens is 2. The molecular weight excluding hydrogens is 376 g/mol. The molecule has 0 spiro atoms. The van der Waals surface area contributed by atoms with Gasteiger partial charge in [0.05, 0.1) is 34.5 Å². The second-order valence-electron chi connectivity index (χ2n) is 6.33. The second-order valence-corrected chi connectivity index (χ2v) is 8.39. The number of anilines is 2. The summed E-state index contributed by atoms with van der Waals surface area (Å²) < 4.78 is 8.99. The van der Waals surface area contributed by atoms with E-state index in [1.54, 1.807) is 23.3 Å². The number of rotatable bonds is 4. The van der Waals surface area contributed by atoms with Crippen molar-refractivity contribution in [2.75, 3.05) is 31.6 Å². The van der Waals surface area contributed by atoms with E-state index >= 15 is 0 Å². The molecule has 0 unspecified atom stereocenters. The molecule has 1 N–H and O–H groups in total. The molecular formula is C20H18N4OS2. The highest BCUT2D eigenvalue weighted by Gasteiger charge is 2.13. The summed E-state index contributed by atoms with van der Waals surface area (Å²) in [7, 11) is 0. The molecule has 1 saturated heterocycles. The van der Waals surface area contributed by atoms with E-state index in [1.165, 1.54) is 9.60 Å². The largest absolute Gasteiger partial charge is 0.379 e. The predicted octanol–water partition coefficient (Wildman–Crippen LogP) is 4.93. The Morgan fingerprint density at radius 3 is 2.85 bits per heavy atom. The number of nitrogens with zero attached hydrogens (tertiary/aromatic N) is 3. The average molecular weight is 395 g/mol. The summed E-state index contributed by atoms with van der Waals surface area (Å²) in [6.45, 7) is 3.51. The Labute approximate surface area is 165 Å². The highest BCUT2D eigenvalue weighted by Crippen LogP contribution is 2.32. The van der Waals surface area contributed by atoms with Crippen LogP contribution in [0.1, 0.15) is 0 Å². The summed E-state index contributed by atoms with van der Waals surface area (Å²) in [5.41, 5.74) is 5.98. The molecule has 2 aromatic carbocycles. The summed E-state index contributed by atoms with van der Waals surface area (Å²) in [4.78, 5) is 10.1. The molecule has 1 aliphatic rings. The molecule has 0 amide bonds. The first-order valence-corrected chi connectivity index (χ1v) is 10.5. The van der Waals surface area contributed by atoms with Gasteiger partial charge in [-0.15, -0.1) is 11.3 Å². The number of thiazole rings is 1. The summed E-state index contributed by atoms with van der Waals surface area (Å²) >= 11 is 3.44. The van der Waals surface area contributed by atoms with Crippen LogP contribution in [-0.4, -0.2) is 40.6 Å². The lowest BCUT2D eigenvalue weighted by atomic mass is 10.2.